The van der Waals surface area contributed by atoms with Gasteiger partial charge in [0.05, 0.1) is 37.6 Å². The summed E-state index contributed by atoms with van der Waals surface area (Å²) in [4.78, 5) is 25.7. The maximum absolute atomic E-state index is 13.1. The normalized spacial score (nSPS) is 16.1. The number of ether oxygens (including phenoxy) is 3. The van der Waals surface area contributed by atoms with Crippen LogP contribution in [0.1, 0.15) is 31.0 Å². The zero-order chi connectivity index (χ0) is 21.8. The molecule has 7 nitrogen and oxygen atoms in total. The monoisotopic (exact) mass is 474 g/mol. The van der Waals surface area contributed by atoms with Gasteiger partial charge in [0.15, 0.2) is 0 Å². The van der Waals surface area contributed by atoms with Crippen LogP contribution < -0.4 is 20.1 Å². The van der Waals surface area contributed by atoms with E-state index in [0.29, 0.717) is 28.3 Å². The maximum Gasteiger partial charge on any atom is 0.338 e. The molecule has 2 N–H and O–H groups in total. The van der Waals surface area contributed by atoms with Crippen molar-refractivity contribution in [2.45, 2.75) is 26.0 Å². The van der Waals surface area contributed by atoms with Crippen molar-refractivity contribution >= 4 is 33.6 Å². The standard InChI is InChI=1S/C22H23BrN2O5/c1-12(2)30-21(26)18-19(13-5-8-15(28-3)9-6-13)24-22(27)25-20(18)16-11-14(23)7-10-17(16)29-4/h5-12,20H,1-4H3,(H2,24,25,27). The fraction of sp³-hybridized carbons (Fsp3) is 0.273. The lowest BCUT2D eigenvalue weighted by Crippen LogP contribution is -2.45. The Morgan fingerprint density at radius 3 is 2.37 bits per heavy atom. The van der Waals surface area contributed by atoms with Crippen LogP contribution in [0.3, 0.4) is 0 Å². The average Bonchev–Trinajstić information content (AvgIpc) is 2.72. The SMILES string of the molecule is COc1ccc(C2=C(C(=O)OC(C)C)C(c3cc(Br)ccc3OC)NC(=O)N2)cc1. The molecule has 2 amide bonds. The highest BCUT2D eigenvalue weighted by atomic mass is 79.9. The summed E-state index contributed by atoms with van der Waals surface area (Å²) in [5.74, 6) is 0.667. The molecular weight excluding hydrogens is 452 g/mol. The minimum atomic E-state index is -0.769. The van der Waals surface area contributed by atoms with Crippen molar-refractivity contribution in [2.24, 2.45) is 0 Å². The van der Waals surface area contributed by atoms with Gasteiger partial charge in [-0.1, -0.05) is 15.9 Å². The number of carbonyl (C=O) groups is 2. The zero-order valence-corrected chi connectivity index (χ0v) is 18.7. The van der Waals surface area contributed by atoms with E-state index in [2.05, 4.69) is 26.6 Å². The Morgan fingerprint density at radius 1 is 1.07 bits per heavy atom. The van der Waals surface area contributed by atoms with Crippen molar-refractivity contribution in [1.82, 2.24) is 10.6 Å². The number of carbonyl (C=O) groups excluding carboxylic acids is 2. The molecule has 2 aromatic rings. The molecule has 1 aliphatic rings. The number of amides is 2. The van der Waals surface area contributed by atoms with E-state index >= 15 is 0 Å². The molecule has 1 atom stereocenters. The quantitative estimate of drug-likeness (QED) is 0.613. The fourth-order valence-electron chi connectivity index (χ4n) is 3.21. The second-order valence-electron chi connectivity index (χ2n) is 6.89. The first-order valence-electron chi connectivity index (χ1n) is 9.34. The first-order chi connectivity index (χ1) is 14.3. The fourth-order valence-corrected chi connectivity index (χ4v) is 3.59. The van der Waals surface area contributed by atoms with Gasteiger partial charge in [-0.15, -0.1) is 0 Å². The maximum atomic E-state index is 13.1. The summed E-state index contributed by atoms with van der Waals surface area (Å²) in [7, 11) is 3.11. The molecule has 1 unspecified atom stereocenters. The molecule has 3 rings (SSSR count). The minimum absolute atomic E-state index is 0.282. The van der Waals surface area contributed by atoms with Gasteiger partial charge in [-0.3, -0.25) is 0 Å². The van der Waals surface area contributed by atoms with Crippen molar-refractivity contribution in [2.75, 3.05) is 14.2 Å². The molecule has 1 aliphatic heterocycles. The Labute approximate surface area is 183 Å². The number of esters is 1. The van der Waals surface area contributed by atoms with Crippen LogP contribution in [-0.4, -0.2) is 32.3 Å². The van der Waals surface area contributed by atoms with E-state index in [9.17, 15) is 9.59 Å². The predicted octanol–water partition coefficient (Wildman–Crippen LogP) is 4.18. The molecule has 1 heterocycles. The van der Waals surface area contributed by atoms with Gasteiger partial charge >= 0.3 is 12.0 Å². The van der Waals surface area contributed by atoms with Crippen LogP contribution in [0.2, 0.25) is 0 Å². The van der Waals surface area contributed by atoms with Gasteiger partial charge in [-0.2, -0.15) is 0 Å². The lowest BCUT2D eigenvalue weighted by Gasteiger charge is -2.31. The Morgan fingerprint density at radius 2 is 1.77 bits per heavy atom. The smallest absolute Gasteiger partial charge is 0.338 e. The summed E-state index contributed by atoms with van der Waals surface area (Å²) < 4.78 is 17.0. The van der Waals surface area contributed by atoms with E-state index in [1.165, 1.54) is 7.11 Å². The van der Waals surface area contributed by atoms with Crippen LogP contribution >= 0.6 is 15.9 Å². The van der Waals surface area contributed by atoms with Crippen molar-refractivity contribution < 1.29 is 23.8 Å². The van der Waals surface area contributed by atoms with Gasteiger partial charge in [0, 0.05) is 10.0 Å². The topological polar surface area (TPSA) is 85.9 Å². The molecule has 30 heavy (non-hydrogen) atoms. The van der Waals surface area contributed by atoms with E-state index in [4.69, 9.17) is 14.2 Å². The summed E-state index contributed by atoms with van der Waals surface area (Å²) in [6.07, 6.45) is -0.329. The molecule has 0 spiro atoms. The van der Waals surface area contributed by atoms with Crippen molar-refractivity contribution in [1.29, 1.82) is 0 Å². The van der Waals surface area contributed by atoms with E-state index in [-0.39, 0.29) is 11.7 Å². The number of hydrogen-bond acceptors (Lipinski definition) is 5. The second-order valence-corrected chi connectivity index (χ2v) is 7.80. The lowest BCUT2D eigenvalue weighted by molar-refractivity contribution is -0.143. The number of methoxy groups -OCH3 is 2. The molecule has 8 heteroatoms. The van der Waals surface area contributed by atoms with Gasteiger partial charge in [-0.25, -0.2) is 9.59 Å². The van der Waals surface area contributed by atoms with E-state index in [1.807, 2.05) is 12.1 Å². The third kappa shape index (κ3) is 4.59. The van der Waals surface area contributed by atoms with Crippen LogP contribution in [0.25, 0.3) is 5.70 Å². The molecule has 0 aliphatic carbocycles. The lowest BCUT2D eigenvalue weighted by atomic mass is 9.92. The predicted molar refractivity (Wildman–Crippen MR) is 116 cm³/mol. The Kier molecular flexibility index (Phi) is 6.66. The van der Waals surface area contributed by atoms with Gasteiger partial charge < -0.3 is 24.8 Å². The van der Waals surface area contributed by atoms with Crippen LogP contribution in [0.15, 0.2) is 52.5 Å². The molecule has 0 radical (unpaired) electrons. The highest BCUT2D eigenvalue weighted by Gasteiger charge is 2.36. The molecule has 2 aromatic carbocycles. The number of nitrogens with one attached hydrogen (secondary N) is 2. The van der Waals surface area contributed by atoms with Crippen molar-refractivity contribution in [3.05, 3.63) is 63.6 Å². The van der Waals surface area contributed by atoms with Crippen LogP contribution in [-0.2, 0) is 9.53 Å². The van der Waals surface area contributed by atoms with E-state index in [0.717, 1.165) is 4.47 Å². The first-order valence-corrected chi connectivity index (χ1v) is 10.1. The summed E-state index contributed by atoms with van der Waals surface area (Å²) in [5.41, 5.74) is 1.94. The third-order valence-corrected chi connectivity index (χ3v) is 5.01. The molecule has 158 valence electrons. The Bertz CT molecular complexity index is 986. The number of halogens is 1. The summed E-state index contributed by atoms with van der Waals surface area (Å²) in [6.45, 7) is 3.55. The molecule has 0 saturated carbocycles. The Hall–Kier alpha value is -3.00. The van der Waals surface area contributed by atoms with Crippen LogP contribution in [0.5, 0.6) is 11.5 Å². The first kappa shape index (κ1) is 21.7. The molecule has 0 saturated heterocycles. The van der Waals surface area contributed by atoms with E-state index < -0.39 is 18.0 Å². The summed E-state index contributed by atoms with van der Waals surface area (Å²) in [6, 6.07) is 11.3. The van der Waals surface area contributed by atoms with Crippen molar-refractivity contribution in [3.63, 3.8) is 0 Å². The van der Waals surface area contributed by atoms with E-state index in [1.54, 1.807) is 51.3 Å². The number of hydrogen-bond donors (Lipinski definition) is 2. The second kappa shape index (κ2) is 9.21. The Balaban J connectivity index is 2.22. The zero-order valence-electron chi connectivity index (χ0n) is 17.1. The highest BCUT2D eigenvalue weighted by Crippen LogP contribution is 2.37. The molecule has 0 bridgehead atoms. The number of urea groups is 1. The molecular formula is C22H23BrN2O5. The molecule has 0 fully saturated rings. The average molecular weight is 475 g/mol. The molecule has 0 aromatic heterocycles. The number of benzene rings is 2. The van der Waals surface area contributed by atoms with Gasteiger partial charge in [0.2, 0.25) is 0 Å². The van der Waals surface area contributed by atoms with Gasteiger partial charge in [0.25, 0.3) is 0 Å². The largest absolute Gasteiger partial charge is 0.497 e. The van der Waals surface area contributed by atoms with Crippen LogP contribution in [0.4, 0.5) is 4.79 Å². The van der Waals surface area contributed by atoms with Gasteiger partial charge in [-0.05, 0) is 61.9 Å². The van der Waals surface area contributed by atoms with Crippen molar-refractivity contribution in [3.8, 4) is 11.5 Å². The summed E-state index contributed by atoms with van der Waals surface area (Å²) >= 11 is 3.45. The minimum Gasteiger partial charge on any atom is -0.497 e. The third-order valence-electron chi connectivity index (χ3n) is 4.52. The van der Waals surface area contributed by atoms with Gasteiger partial charge in [0.1, 0.15) is 11.5 Å². The number of rotatable bonds is 6. The summed E-state index contributed by atoms with van der Waals surface area (Å²) in [5, 5.41) is 5.59. The highest BCUT2D eigenvalue weighted by molar-refractivity contribution is 9.10. The van der Waals surface area contributed by atoms with Crippen LogP contribution in [0, 0.1) is 0 Å².